The van der Waals surface area contributed by atoms with Crippen molar-refractivity contribution in [1.82, 2.24) is 0 Å². The summed E-state index contributed by atoms with van der Waals surface area (Å²) in [6, 6.07) is 0. The molecule has 0 aliphatic carbocycles. The molecule has 2 atom stereocenters. The van der Waals surface area contributed by atoms with Gasteiger partial charge in [-0.2, -0.15) is 0 Å². The fraction of sp³-hybridized carbons (Fsp3) is 1.00. The van der Waals surface area contributed by atoms with Crippen LogP contribution in [0.25, 0.3) is 0 Å². The molecule has 0 N–H and O–H groups in total. The Morgan fingerprint density at radius 3 is 1.38 bits per heavy atom. The van der Waals surface area contributed by atoms with Gasteiger partial charge in [-0.15, -0.1) is 23.2 Å². The summed E-state index contributed by atoms with van der Waals surface area (Å²) >= 11 is 11.3. The third kappa shape index (κ3) is 6.58. The van der Waals surface area contributed by atoms with E-state index in [4.69, 9.17) is 23.2 Å². The van der Waals surface area contributed by atoms with E-state index in [1.165, 1.54) is 0 Å². The van der Waals surface area contributed by atoms with Gasteiger partial charge < -0.3 is 0 Å². The molecule has 0 saturated carbocycles. The minimum Gasteiger partial charge on any atom is -0.123 e. The van der Waals surface area contributed by atoms with E-state index in [-0.39, 0.29) is 10.8 Å². The van der Waals surface area contributed by atoms with Crippen LogP contribution in [0.2, 0.25) is 0 Å². The van der Waals surface area contributed by atoms with Gasteiger partial charge in [0.05, 0.1) is 0 Å². The smallest absolute Gasteiger partial charge is 0.0308 e. The van der Waals surface area contributed by atoms with Gasteiger partial charge in [0.15, 0.2) is 0 Å². The average molecular weight is 155 g/mol. The normalized spacial score (nSPS) is 18.0. The molecule has 0 radical (unpaired) electrons. The average Bonchev–Trinajstić information content (AvgIpc) is 1.61. The Morgan fingerprint density at radius 1 is 1.00 bits per heavy atom. The van der Waals surface area contributed by atoms with Crippen LogP contribution in [0.1, 0.15) is 26.7 Å². The zero-order chi connectivity index (χ0) is 6.57. The fourth-order valence-corrected chi connectivity index (χ4v) is 0.711. The number of alkyl halides is 2. The summed E-state index contributed by atoms with van der Waals surface area (Å²) in [6.45, 7) is 3.97. The van der Waals surface area contributed by atoms with E-state index in [1.54, 1.807) is 0 Å². The molecule has 0 heterocycles. The van der Waals surface area contributed by atoms with Crippen LogP contribution in [0.5, 0.6) is 0 Å². The molecule has 0 saturated heterocycles. The van der Waals surface area contributed by atoms with Crippen LogP contribution >= 0.6 is 23.2 Å². The first-order valence-corrected chi connectivity index (χ1v) is 3.78. The van der Waals surface area contributed by atoms with Gasteiger partial charge in [0.1, 0.15) is 0 Å². The first-order chi connectivity index (χ1) is 3.63. The second-order valence-electron chi connectivity index (χ2n) is 2.14. The Kier molecular flexibility index (Phi) is 4.78. The fourth-order valence-electron chi connectivity index (χ4n) is 0.459. The van der Waals surface area contributed by atoms with Gasteiger partial charge >= 0.3 is 0 Å². The van der Waals surface area contributed by atoms with E-state index in [9.17, 15) is 0 Å². The number of halogens is 2. The Hall–Kier alpha value is 0.580. The predicted octanol–water partition coefficient (Wildman–Crippen LogP) is 3.02. The minimum atomic E-state index is 0.274. The Balaban J connectivity index is 2.93. The third-order valence-electron chi connectivity index (χ3n) is 0.962. The third-order valence-corrected chi connectivity index (χ3v) is 1.40. The summed E-state index contributed by atoms with van der Waals surface area (Å²) in [4.78, 5) is 0. The molecule has 0 aliphatic rings. The molecule has 0 bridgehead atoms. The van der Waals surface area contributed by atoms with Gasteiger partial charge in [-0.05, 0) is 26.7 Å². The highest BCUT2D eigenvalue weighted by atomic mass is 35.5. The lowest BCUT2D eigenvalue weighted by Gasteiger charge is -2.02. The monoisotopic (exact) mass is 154 g/mol. The molecule has 0 aromatic carbocycles. The van der Waals surface area contributed by atoms with Crippen LogP contribution in [-0.2, 0) is 0 Å². The lowest BCUT2D eigenvalue weighted by Crippen LogP contribution is -1.96. The summed E-state index contributed by atoms with van der Waals surface area (Å²) in [7, 11) is 0. The van der Waals surface area contributed by atoms with E-state index in [2.05, 4.69) is 0 Å². The zero-order valence-corrected chi connectivity index (χ0v) is 6.84. The van der Waals surface area contributed by atoms with E-state index in [0.717, 1.165) is 12.8 Å². The van der Waals surface area contributed by atoms with E-state index in [1.807, 2.05) is 13.8 Å². The van der Waals surface area contributed by atoms with Gasteiger partial charge in [0.25, 0.3) is 0 Å². The highest BCUT2D eigenvalue weighted by molar-refractivity contribution is 6.21. The quantitative estimate of drug-likeness (QED) is 0.549. The van der Waals surface area contributed by atoms with Gasteiger partial charge in [0.2, 0.25) is 0 Å². The SMILES string of the molecule is C[C@H](Cl)CC[C@@H](C)Cl. The lowest BCUT2D eigenvalue weighted by atomic mass is 10.2. The Morgan fingerprint density at radius 2 is 1.25 bits per heavy atom. The molecule has 0 spiro atoms. The van der Waals surface area contributed by atoms with Crippen LogP contribution < -0.4 is 0 Å². The van der Waals surface area contributed by atoms with E-state index >= 15 is 0 Å². The van der Waals surface area contributed by atoms with E-state index in [0.29, 0.717) is 0 Å². The molecule has 0 nitrogen and oxygen atoms in total. The van der Waals surface area contributed by atoms with Crippen molar-refractivity contribution in [2.45, 2.75) is 37.4 Å². The van der Waals surface area contributed by atoms with E-state index < -0.39 is 0 Å². The Bertz CT molecular complexity index is 42.5. The van der Waals surface area contributed by atoms with Gasteiger partial charge in [0, 0.05) is 10.8 Å². The number of rotatable bonds is 3. The lowest BCUT2D eigenvalue weighted by molar-refractivity contribution is 0.714. The Labute approximate surface area is 61.2 Å². The molecular formula is C6H12Cl2. The maximum atomic E-state index is 5.66. The first kappa shape index (κ1) is 8.58. The van der Waals surface area contributed by atoms with Gasteiger partial charge in [-0.3, -0.25) is 0 Å². The minimum absolute atomic E-state index is 0.274. The number of hydrogen-bond donors (Lipinski definition) is 0. The van der Waals surface area contributed by atoms with Crippen LogP contribution in [0.15, 0.2) is 0 Å². The van der Waals surface area contributed by atoms with Crippen molar-refractivity contribution >= 4 is 23.2 Å². The van der Waals surface area contributed by atoms with Gasteiger partial charge in [-0.25, -0.2) is 0 Å². The van der Waals surface area contributed by atoms with Crippen LogP contribution in [0.3, 0.4) is 0 Å². The molecule has 2 heteroatoms. The van der Waals surface area contributed by atoms with Crippen LogP contribution in [0, 0.1) is 0 Å². The van der Waals surface area contributed by atoms with Gasteiger partial charge in [-0.1, -0.05) is 0 Å². The summed E-state index contributed by atoms with van der Waals surface area (Å²) in [6.07, 6.45) is 2.04. The van der Waals surface area contributed by atoms with Crippen molar-refractivity contribution in [3.8, 4) is 0 Å². The van der Waals surface area contributed by atoms with Crippen molar-refractivity contribution in [1.29, 1.82) is 0 Å². The molecule has 0 fully saturated rings. The number of hydrogen-bond acceptors (Lipinski definition) is 0. The van der Waals surface area contributed by atoms with Crippen molar-refractivity contribution in [2.75, 3.05) is 0 Å². The molecule has 0 aromatic heterocycles. The highest BCUT2D eigenvalue weighted by Gasteiger charge is 1.99. The summed E-state index contributed by atoms with van der Waals surface area (Å²) in [5, 5.41) is 0.549. The zero-order valence-electron chi connectivity index (χ0n) is 5.32. The molecule has 0 aliphatic heterocycles. The molecule has 50 valence electrons. The second kappa shape index (κ2) is 4.46. The molecule has 0 amide bonds. The van der Waals surface area contributed by atoms with Crippen LogP contribution in [0.4, 0.5) is 0 Å². The van der Waals surface area contributed by atoms with Crippen molar-refractivity contribution < 1.29 is 0 Å². The molecule has 0 rings (SSSR count). The highest BCUT2D eigenvalue weighted by Crippen LogP contribution is 2.09. The van der Waals surface area contributed by atoms with Crippen LogP contribution in [-0.4, -0.2) is 10.8 Å². The molecular weight excluding hydrogens is 143 g/mol. The molecule has 0 aromatic rings. The second-order valence-corrected chi connectivity index (χ2v) is 3.63. The molecule has 0 unspecified atom stereocenters. The standard InChI is InChI=1S/C6H12Cl2/c1-5(7)3-4-6(2)8/h5-6H,3-4H2,1-2H3/t5-,6+. The maximum absolute atomic E-state index is 5.66. The molecule has 8 heavy (non-hydrogen) atoms. The summed E-state index contributed by atoms with van der Waals surface area (Å²) in [5.41, 5.74) is 0. The summed E-state index contributed by atoms with van der Waals surface area (Å²) < 4.78 is 0. The van der Waals surface area contributed by atoms with Crippen molar-refractivity contribution in [3.63, 3.8) is 0 Å². The van der Waals surface area contributed by atoms with Crippen molar-refractivity contribution in [2.24, 2.45) is 0 Å². The maximum Gasteiger partial charge on any atom is 0.0308 e. The topological polar surface area (TPSA) is 0 Å². The summed E-state index contributed by atoms with van der Waals surface area (Å²) in [5.74, 6) is 0. The largest absolute Gasteiger partial charge is 0.123 e. The van der Waals surface area contributed by atoms with Crippen molar-refractivity contribution in [3.05, 3.63) is 0 Å². The predicted molar refractivity (Wildman–Crippen MR) is 39.9 cm³/mol. The first-order valence-electron chi connectivity index (χ1n) is 2.91.